The molecule has 7 rings (SSSR count). The van der Waals surface area contributed by atoms with Crippen LogP contribution in [0, 0.1) is 6.92 Å². The van der Waals surface area contributed by atoms with Crippen molar-refractivity contribution in [3.8, 4) is 34.5 Å². The van der Waals surface area contributed by atoms with Crippen LogP contribution in [0.5, 0.6) is 23.1 Å². The zero-order valence-corrected chi connectivity index (χ0v) is 21.2. The van der Waals surface area contributed by atoms with Crippen LogP contribution in [0.1, 0.15) is 28.2 Å². The molecule has 1 aliphatic heterocycles. The molecule has 1 atom stereocenters. The smallest absolute Gasteiger partial charge is 0.228 e. The maximum atomic E-state index is 6.43. The first kappa shape index (κ1) is 22.3. The molecule has 1 aliphatic rings. The predicted octanol–water partition coefficient (Wildman–Crippen LogP) is 6.56. The van der Waals surface area contributed by atoms with Gasteiger partial charge in [0.1, 0.15) is 12.1 Å². The highest BCUT2D eigenvalue weighted by Crippen LogP contribution is 2.51. The molecule has 0 N–H and O–H groups in total. The second-order valence-corrected chi connectivity index (χ2v) is 9.38. The zero-order valence-electron chi connectivity index (χ0n) is 21.2. The first-order valence-corrected chi connectivity index (χ1v) is 12.4. The Kier molecular flexibility index (Phi) is 5.04. The summed E-state index contributed by atoms with van der Waals surface area (Å²) in [5, 5.41) is 7.02. The Morgan fingerprint density at radius 3 is 2.55 bits per heavy atom. The average molecular weight is 501 g/mol. The highest BCUT2D eigenvalue weighted by Gasteiger charge is 2.35. The van der Waals surface area contributed by atoms with Crippen molar-refractivity contribution in [2.24, 2.45) is 0 Å². The summed E-state index contributed by atoms with van der Waals surface area (Å²) in [4.78, 5) is 9.70. The minimum absolute atomic E-state index is 0.231. The Hall–Kier alpha value is -4.91. The lowest BCUT2D eigenvalue weighted by Crippen LogP contribution is -2.15. The highest BCUT2D eigenvalue weighted by molar-refractivity contribution is 5.91. The number of fused-ring (bicyclic) bond motifs is 6. The SMILES string of the molecule is COc1ccc(C2c3c(ccc4ccccc34)Oc3ncn4nc(-c5cccc(C)c5)nc4c32)cc1OC. The van der Waals surface area contributed by atoms with Crippen LogP contribution in [0.25, 0.3) is 27.8 Å². The summed E-state index contributed by atoms with van der Waals surface area (Å²) < 4.78 is 19.4. The van der Waals surface area contributed by atoms with Crippen molar-refractivity contribution in [1.29, 1.82) is 0 Å². The monoisotopic (exact) mass is 500 g/mol. The lowest BCUT2D eigenvalue weighted by atomic mass is 9.81. The molecule has 3 heterocycles. The molecule has 38 heavy (non-hydrogen) atoms. The Labute approximate surface area is 219 Å². The molecule has 7 nitrogen and oxygen atoms in total. The summed E-state index contributed by atoms with van der Waals surface area (Å²) in [6.45, 7) is 2.06. The van der Waals surface area contributed by atoms with E-state index in [1.807, 2.05) is 36.4 Å². The fourth-order valence-corrected chi connectivity index (χ4v) is 5.38. The van der Waals surface area contributed by atoms with Gasteiger partial charge >= 0.3 is 0 Å². The van der Waals surface area contributed by atoms with Gasteiger partial charge < -0.3 is 14.2 Å². The van der Waals surface area contributed by atoms with E-state index in [9.17, 15) is 0 Å². The third kappa shape index (κ3) is 3.39. The van der Waals surface area contributed by atoms with E-state index in [2.05, 4.69) is 54.4 Å². The van der Waals surface area contributed by atoms with Gasteiger partial charge in [0, 0.05) is 17.0 Å². The summed E-state index contributed by atoms with van der Waals surface area (Å²) in [6, 6.07) is 26.6. The maximum absolute atomic E-state index is 6.43. The number of ether oxygens (including phenoxy) is 3. The molecule has 0 radical (unpaired) electrons. The van der Waals surface area contributed by atoms with Crippen LogP contribution >= 0.6 is 0 Å². The highest BCUT2D eigenvalue weighted by atomic mass is 16.5. The summed E-state index contributed by atoms with van der Waals surface area (Å²) in [7, 11) is 3.29. The van der Waals surface area contributed by atoms with E-state index in [0.29, 0.717) is 28.9 Å². The van der Waals surface area contributed by atoms with Crippen LogP contribution in [-0.2, 0) is 0 Å². The molecule has 186 valence electrons. The molecule has 2 aromatic heterocycles. The standard InChI is InChI=1S/C31H24N4O3/c1-18-7-6-9-21(15-18)29-33-30-28-26(20-12-13-23(36-2)25(16-20)37-3)27-22-10-5-4-8-19(22)11-14-24(27)38-31(28)32-17-35(30)34-29/h4-17,26H,1-3H3. The van der Waals surface area contributed by atoms with Gasteiger partial charge in [0.2, 0.25) is 5.88 Å². The number of hydrogen-bond acceptors (Lipinski definition) is 6. The molecular formula is C31H24N4O3. The average Bonchev–Trinajstić information content (AvgIpc) is 3.40. The number of methoxy groups -OCH3 is 2. The fourth-order valence-electron chi connectivity index (χ4n) is 5.38. The third-order valence-electron chi connectivity index (χ3n) is 7.12. The Morgan fingerprint density at radius 2 is 1.71 bits per heavy atom. The van der Waals surface area contributed by atoms with E-state index in [-0.39, 0.29) is 5.92 Å². The first-order valence-electron chi connectivity index (χ1n) is 12.4. The van der Waals surface area contributed by atoms with Crippen molar-refractivity contribution in [3.63, 3.8) is 0 Å². The van der Waals surface area contributed by atoms with E-state index in [1.165, 1.54) is 0 Å². The molecule has 0 aliphatic carbocycles. The minimum Gasteiger partial charge on any atom is -0.493 e. The molecule has 0 amide bonds. The van der Waals surface area contributed by atoms with Crippen LogP contribution < -0.4 is 14.2 Å². The van der Waals surface area contributed by atoms with Gasteiger partial charge in [-0.05, 0) is 47.5 Å². The molecule has 0 saturated heterocycles. The summed E-state index contributed by atoms with van der Waals surface area (Å²) >= 11 is 0. The number of benzene rings is 4. The van der Waals surface area contributed by atoms with Gasteiger partial charge in [0.15, 0.2) is 23.0 Å². The normalized spacial score (nSPS) is 14.1. The number of rotatable bonds is 4. The van der Waals surface area contributed by atoms with Gasteiger partial charge in [-0.3, -0.25) is 0 Å². The second-order valence-electron chi connectivity index (χ2n) is 9.38. The molecule has 0 saturated carbocycles. The van der Waals surface area contributed by atoms with Crippen LogP contribution in [0.4, 0.5) is 0 Å². The lowest BCUT2D eigenvalue weighted by molar-refractivity contribution is 0.354. The van der Waals surface area contributed by atoms with Crippen LogP contribution in [-0.4, -0.2) is 33.8 Å². The minimum atomic E-state index is -0.231. The van der Waals surface area contributed by atoms with Crippen molar-refractivity contribution >= 4 is 16.4 Å². The Morgan fingerprint density at radius 1 is 0.842 bits per heavy atom. The van der Waals surface area contributed by atoms with Crippen molar-refractivity contribution in [1.82, 2.24) is 19.6 Å². The van der Waals surface area contributed by atoms with Gasteiger partial charge in [0.25, 0.3) is 0 Å². The fraction of sp³-hybridized carbons (Fsp3) is 0.129. The molecule has 0 fully saturated rings. The van der Waals surface area contributed by atoms with Gasteiger partial charge in [-0.2, -0.15) is 0 Å². The number of nitrogens with zero attached hydrogens (tertiary/aromatic N) is 4. The van der Waals surface area contributed by atoms with Crippen LogP contribution in [0.15, 0.2) is 85.2 Å². The van der Waals surface area contributed by atoms with E-state index in [4.69, 9.17) is 24.3 Å². The number of aryl methyl sites for hydroxylation is 1. The largest absolute Gasteiger partial charge is 0.493 e. The molecule has 6 aromatic rings. The molecule has 0 spiro atoms. The van der Waals surface area contributed by atoms with E-state index < -0.39 is 0 Å². The number of hydrogen-bond donors (Lipinski definition) is 0. The van der Waals surface area contributed by atoms with Gasteiger partial charge in [-0.25, -0.2) is 14.5 Å². The molecule has 0 bridgehead atoms. The summed E-state index contributed by atoms with van der Waals surface area (Å²) in [5.74, 6) is 3.02. The second kappa shape index (κ2) is 8.59. The predicted molar refractivity (Wildman–Crippen MR) is 145 cm³/mol. The summed E-state index contributed by atoms with van der Waals surface area (Å²) in [6.07, 6.45) is 1.66. The molecule has 7 heteroatoms. The quantitative estimate of drug-likeness (QED) is 0.273. The van der Waals surface area contributed by atoms with Crippen LogP contribution in [0.2, 0.25) is 0 Å². The zero-order chi connectivity index (χ0) is 25.8. The van der Waals surface area contributed by atoms with E-state index in [1.54, 1.807) is 25.1 Å². The lowest BCUT2D eigenvalue weighted by Gasteiger charge is -2.29. The molecule has 1 unspecified atom stereocenters. The molecular weight excluding hydrogens is 476 g/mol. The topological polar surface area (TPSA) is 70.8 Å². The van der Waals surface area contributed by atoms with E-state index in [0.717, 1.165) is 44.3 Å². The molecule has 4 aromatic carbocycles. The van der Waals surface area contributed by atoms with E-state index >= 15 is 0 Å². The Balaban J connectivity index is 1.54. The Bertz CT molecular complexity index is 1860. The van der Waals surface area contributed by atoms with Crippen LogP contribution in [0.3, 0.4) is 0 Å². The van der Waals surface area contributed by atoms with Gasteiger partial charge in [-0.15, -0.1) is 5.10 Å². The first-order chi connectivity index (χ1) is 18.6. The maximum Gasteiger partial charge on any atom is 0.228 e. The van der Waals surface area contributed by atoms with Gasteiger partial charge in [-0.1, -0.05) is 60.2 Å². The number of aromatic nitrogens is 4. The van der Waals surface area contributed by atoms with Crippen molar-refractivity contribution in [2.75, 3.05) is 14.2 Å². The van der Waals surface area contributed by atoms with Crippen molar-refractivity contribution in [3.05, 3.63) is 107 Å². The summed E-state index contributed by atoms with van der Waals surface area (Å²) in [5.41, 5.74) is 5.72. The third-order valence-corrected chi connectivity index (χ3v) is 7.12. The van der Waals surface area contributed by atoms with Crippen molar-refractivity contribution in [2.45, 2.75) is 12.8 Å². The van der Waals surface area contributed by atoms with Gasteiger partial charge in [0.05, 0.1) is 19.8 Å². The van der Waals surface area contributed by atoms with Crippen molar-refractivity contribution < 1.29 is 14.2 Å².